The van der Waals surface area contributed by atoms with Gasteiger partial charge in [0.2, 0.25) is 4.96 Å². The standard InChI is InChI=1S/C11H15N5S/c1-2-7(1)10-13-14-11-16(10)15-9(17-11)5-6-12-8-3-4-8/h7-8,12H,1-6H2. The molecule has 0 amide bonds. The highest BCUT2D eigenvalue weighted by Crippen LogP contribution is 2.39. The Morgan fingerprint density at radius 2 is 2.12 bits per heavy atom. The summed E-state index contributed by atoms with van der Waals surface area (Å²) in [6.07, 6.45) is 6.19. The van der Waals surface area contributed by atoms with Crippen molar-refractivity contribution in [3.63, 3.8) is 0 Å². The smallest absolute Gasteiger partial charge is 0.234 e. The van der Waals surface area contributed by atoms with Crippen molar-refractivity contribution in [1.29, 1.82) is 0 Å². The summed E-state index contributed by atoms with van der Waals surface area (Å²) in [5.41, 5.74) is 0. The van der Waals surface area contributed by atoms with E-state index >= 15 is 0 Å². The molecule has 2 aromatic heterocycles. The van der Waals surface area contributed by atoms with Gasteiger partial charge in [0, 0.05) is 24.9 Å². The molecule has 2 saturated carbocycles. The lowest BCUT2D eigenvalue weighted by atomic mass is 10.4. The third-order valence-corrected chi connectivity index (χ3v) is 4.31. The number of hydrogen-bond acceptors (Lipinski definition) is 5. The van der Waals surface area contributed by atoms with E-state index in [0.29, 0.717) is 5.92 Å². The van der Waals surface area contributed by atoms with Crippen LogP contribution in [0.25, 0.3) is 4.96 Å². The van der Waals surface area contributed by atoms with E-state index in [4.69, 9.17) is 0 Å². The van der Waals surface area contributed by atoms with Gasteiger partial charge in [0.1, 0.15) is 5.01 Å². The van der Waals surface area contributed by atoms with Crippen LogP contribution in [0, 0.1) is 0 Å². The van der Waals surface area contributed by atoms with Gasteiger partial charge in [-0.15, -0.1) is 10.2 Å². The van der Waals surface area contributed by atoms with Gasteiger partial charge in [-0.25, -0.2) is 0 Å². The summed E-state index contributed by atoms with van der Waals surface area (Å²) in [4.78, 5) is 0.952. The second kappa shape index (κ2) is 3.74. The molecule has 2 aliphatic rings. The van der Waals surface area contributed by atoms with E-state index in [2.05, 4.69) is 20.6 Å². The van der Waals surface area contributed by atoms with Crippen LogP contribution in [0.4, 0.5) is 0 Å². The zero-order valence-corrected chi connectivity index (χ0v) is 10.4. The molecule has 0 saturated heterocycles. The van der Waals surface area contributed by atoms with Gasteiger partial charge in [-0.2, -0.15) is 9.61 Å². The minimum Gasteiger partial charge on any atom is -0.314 e. The average Bonchev–Trinajstić information content (AvgIpc) is 3.20. The van der Waals surface area contributed by atoms with E-state index in [9.17, 15) is 0 Å². The van der Waals surface area contributed by atoms with Gasteiger partial charge < -0.3 is 5.32 Å². The second-order valence-electron chi connectivity index (χ2n) is 5.00. The third-order valence-electron chi connectivity index (χ3n) is 3.35. The molecule has 0 bridgehead atoms. The Labute approximate surface area is 103 Å². The predicted molar refractivity (Wildman–Crippen MR) is 65.4 cm³/mol. The van der Waals surface area contributed by atoms with Gasteiger partial charge in [0.25, 0.3) is 0 Å². The van der Waals surface area contributed by atoms with Gasteiger partial charge in [-0.05, 0) is 25.7 Å². The number of fused-ring (bicyclic) bond motifs is 1. The highest BCUT2D eigenvalue weighted by Gasteiger charge is 2.30. The van der Waals surface area contributed by atoms with Gasteiger partial charge in [0.15, 0.2) is 5.82 Å². The molecule has 2 heterocycles. The van der Waals surface area contributed by atoms with Crippen molar-refractivity contribution in [1.82, 2.24) is 25.1 Å². The minimum absolute atomic E-state index is 0.615. The van der Waals surface area contributed by atoms with Crippen LogP contribution in [0.5, 0.6) is 0 Å². The fourth-order valence-corrected chi connectivity index (χ4v) is 2.88. The molecule has 0 unspecified atom stereocenters. The Balaban J connectivity index is 1.50. The number of nitrogens with one attached hydrogen (secondary N) is 1. The lowest BCUT2D eigenvalue weighted by Crippen LogP contribution is -2.19. The molecule has 0 radical (unpaired) electrons. The monoisotopic (exact) mass is 249 g/mol. The Kier molecular flexibility index (Phi) is 2.19. The molecule has 0 spiro atoms. The normalized spacial score (nSPS) is 20.2. The number of hydrogen-bond donors (Lipinski definition) is 1. The highest BCUT2D eigenvalue weighted by molar-refractivity contribution is 7.16. The molecule has 0 aliphatic heterocycles. The summed E-state index contributed by atoms with van der Waals surface area (Å²) in [7, 11) is 0. The topological polar surface area (TPSA) is 55.1 Å². The largest absolute Gasteiger partial charge is 0.314 e. The first-order valence-electron chi connectivity index (χ1n) is 6.34. The van der Waals surface area contributed by atoms with Crippen LogP contribution >= 0.6 is 11.3 Å². The molecule has 2 fully saturated rings. The van der Waals surface area contributed by atoms with E-state index in [1.54, 1.807) is 11.3 Å². The van der Waals surface area contributed by atoms with Crippen molar-refractivity contribution in [3.05, 3.63) is 10.8 Å². The number of rotatable bonds is 5. The van der Waals surface area contributed by atoms with Crippen molar-refractivity contribution >= 4 is 16.3 Å². The number of nitrogens with zero attached hydrogens (tertiary/aromatic N) is 4. The highest BCUT2D eigenvalue weighted by atomic mass is 32.1. The first kappa shape index (κ1) is 9.96. The van der Waals surface area contributed by atoms with Crippen molar-refractivity contribution < 1.29 is 0 Å². The Hall–Kier alpha value is -1.01. The predicted octanol–water partition coefficient (Wildman–Crippen LogP) is 1.36. The summed E-state index contributed by atoms with van der Waals surface area (Å²) < 4.78 is 1.95. The Morgan fingerprint density at radius 3 is 2.88 bits per heavy atom. The first-order chi connectivity index (χ1) is 8.40. The van der Waals surface area contributed by atoms with Crippen LogP contribution in [-0.4, -0.2) is 32.4 Å². The fraction of sp³-hybridized carbons (Fsp3) is 0.727. The average molecular weight is 249 g/mol. The van der Waals surface area contributed by atoms with Gasteiger partial charge in [0.05, 0.1) is 0 Å². The van der Waals surface area contributed by atoms with E-state index in [1.807, 2.05) is 4.52 Å². The molecule has 17 heavy (non-hydrogen) atoms. The summed E-state index contributed by atoms with van der Waals surface area (Å²) in [6.45, 7) is 1.04. The van der Waals surface area contributed by atoms with Gasteiger partial charge >= 0.3 is 0 Å². The summed E-state index contributed by atoms with van der Waals surface area (Å²) in [5, 5.41) is 17.7. The lowest BCUT2D eigenvalue weighted by Gasteiger charge is -1.98. The van der Waals surface area contributed by atoms with Crippen LogP contribution in [0.1, 0.15) is 42.4 Å². The van der Waals surface area contributed by atoms with Crippen LogP contribution in [0.3, 0.4) is 0 Å². The van der Waals surface area contributed by atoms with Gasteiger partial charge in [-0.3, -0.25) is 0 Å². The maximum Gasteiger partial charge on any atom is 0.234 e. The number of aromatic nitrogens is 4. The molecule has 0 atom stereocenters. The summed E-state index contributed by atoms with van der Waals surface area (Å²) in [6, 6.07) is 0.780. The molecule has 1 N–H and O–H groups in total. The molecule has 2 aliphatic carbocycles. The van der Waals surface area contributed by atoms with Crippen LogP contribution < -0.4 is 5.32 Å². The molecule has 2 aromatic rings. The molecule has 6 heteroatoms. The second-order valence-corrected chi connectivity index (χ2v) is 6.04. The molecular weight excluding hydrogens is 234 g/mol. The van der Waals surface area contributed by atoms with Crippen LogP contribution in [-0.2, 0) is 6.42 Å². The quantitative estimate of drug-likeness (QED) is 0.869. The fourth-order valence-electron chi connectivity index (χ4n) is 2.04. The Bertz CT molecular complexity index is 537. The molecule has 5 nitrogen and oxygen atoms in total. The third kappa shape index (κ3) is 1.95. The van der Waals surface area contributed by atoms with Crippen LogP contribution in [0.15, 0.2) is 0 Å². The molecule has 4 rings (SSSR count). The van der Waals surface area contributed by atoms with E-state index < -0.39 is 0 Å². The zero-order valence-electron chi connectivity index (χ0n) is 9.59. The van der Waals surface area contributed by atoms with E-state index in [-0.39, 0.29) is 0 Å². The summed E-state index contributed by atoms with van der Waals surface area (Å²) in [5.74, 6) is 1.68. The summed E-state index contributed by atoms with van der Waals surface area (Å²) >= 11 is 1.67. The molecular formula is C11H15N5S. The Morgan fingerprint density at radius 1 is 1.24 bits per heavy atom. The SMILES string of the molecule is C(Cc1nn2c(C3CC3)nnc2s1)NC1CC1. The van der Waals surface area contributed by atoms with E-state index in [0.717, 1.165) is 29.8 Å². The van der Waals surface area contributed by atoms with Crippen molar-refractivity contribution in [2.75, 3.05) is 6.54 Å². The van der Waals surface area contributed by atoms with Crippen LogP contribution in [0.2, 0.25) is 0 Å². The van der Waals surface area contributed by atoms with Crippen molar-refractivity contribution in [2.45, 2.75) is 44.1 Å². The van der Waals surface area contributed by atoms with Crippen molar-refractivity contribution in [2.24, 2.45) is 0 Å². The first-order valence-corrected chi connectivity index (χ1v) is 7.16. The van der Waals surface area contributed by atoms with E-state index in [1.165, 1.54) is 30.7 Å². The van der Waals surface area contributed by atoms with Gasteiger partial charge in [-0.1, -0.05) is 11.3 Å². The van der Waals surface area contributed by atoms with Crippen molar-refractivity contribution in [3.8, 4) is 0 Å². The molecule has 90 valence electrons. The minimum atomic E-state index is 0.615. The molecule has 0 aromatic carbocycles. The lowest BCUT2D eigenvalue weighted by molar-refractivity contribution is 0.673. The zero-order chi connectivity index (χ0) is 11.2. The maximum atomic E-state index is 4.62. The maximum absolute atomic E-state index is 4.62.